The van der Waals surface area contributed by atoms with Gasteiger partial charge in [0.15, 0.2) is 0 Å². The Labute approximate surface area is 65.2 Å². The highest BCUT2D eigenvalue weighted by Crippen LogP contribution is 2.13. The number of hydrogen-bond acceptors (Lipinski definition) is 3. The van der Waals surface area contributed by atoms with Crippen molar-refractivity contribution in [1.82, 2.24) is 0 Å². The summed E-state index contributed by atoms with van der Waals surface area (Å²) < 4.78 is 34.2. The Kier molecular flexibility index (Phi) is 3.92. The van der Waals surface area contributed by atoms with Crippen LogP contribution in [0.4, 0.5) is 13.2 Å². The molecule has 0 aliphatic carbocycles. The number of alkyl halides is 3. The maximum atomic E-state index is 11.4. The van der Waals surface area contributed by atoms with Gasteiger partial charge in [-0.25, -0.2) is 0 Å². The molecule has 0 spiro atoms. The van der Waals surface area contributed by atoms with Crippen LogP contribution in [0.2, 0.25) is 0 Å². The zero-order valence-corrected chi connectivity index (χ0v) is 5.75. The largest absolute Gasteiger partial charge is 0.856 e. The average Bonchev–Trinajstić information content (AvgIpc) is 1.96. The SMILES string of the molecule is [N-]=[N+]=NCCN=C([O-])C(F)(F)F. The van der Waals surface area contributed by atoms with Crippen molar-refractivity contribution in [2.75, 3.05) is 13.1 Å². The summed E-state index contributed by atoms with van der Waals surface area (Å²) in [6.07, 6.45) is -4.93. The van der Waals surface area contributed by atoms with Crippen LogP contribution in [0.25, 0.3) is 10.4 Å². The van der Waals surface area contributed by atoms with Gasteiger partial charge in [0, 0.05) is 18.0 Å². The number of halogens is 3. The van der Waals surface area contributed by atoms with Crippen LogP contribution in [0.3, 0.4) is 0 Å². The fourth-order valence-electron chi connectivity index (χ4n) is 0.331. The minimum Gasteiger partial charge on any atom is -0.856 e. The van der Waals surface area contributed by atoms with E-state index in [2.05, 4.69) is 15.0 Å². The lowest BCUT2D eigenvalue weighted by Gasteiger charge is -2.13. The molecular weight excluding hydrogens is 177 g/mol. The van der Waals surface area contributed by atoms with E-state index in [1.165, 1.54) is 0 Å². The lowest BCUT2D eigenvalue weighted by Crippen LogP contribution is -2.35. The van der Waals surface area contributed by atoms with Crippen molar-refractivity contribution in [3.8, 4) is 0 Å². The molecule has 0 saturated carbocycles. The van der Waals surface area contributed by atoms with Crippen LogP contribution in [0.5, 0.6) is 0 Å². The maximum absolute atomic E-state index is 11.4. The number of hydrogen-bond donors (Lipinski definition) is 0. The number of nitrogens with zero attached hydrogens (tertiary/aromatic N) is 4. The van der Waals surface area contributed by atoms with Gasteiger partial charge in [-0.3, -0.25) is 4.99 Å². The van der Waals surface area contributed by atoms with E-state index in [-0.39, 0.29) is 6.54 Å². The van der Waals surface area contributed by atoms with Crippen LogP contribution in [-0.2, 0) is 0 Å². The summed E-state index contributed by atoms with van der Waals surface area (Å²) in [6.45, 7) is -0.694. The minimum atomic E-state index is -4.93. The summed E-state index contributed by atoms with van der Waals surface area (Å²) in [5, 5.41) is 12.9. The Morgan fingerprint density at radius 1 is 1.42 bits per heavy atom. The summed E-state index contributed by atoms with van der Waals surface area (Å²) in [5.41, 5.74) is 7.70. The van der Waals surface area contributed by atoms with E-state index in [1.807, 2.05) is 0 Å². The third kappa shape index (κ3) is 4.40. The smallest absolute Gasteiger partial charge is 0.419 e. The highest BCUT2D eigenvalue weighted by atomic mass is 19.4. The molecule has 0 aromatic heterocycles. The molecular formula is C4H4F3N4O-. The van der Waals surface area contributed by atoms with Gasteiger partial charge in [-0.15, -0.1) is 0 Å². The maximum Gasteiger partial charge on any atom is 0.419 e. The van der Waals surface area contributed by atoms with Gasteiger partial charge in [0.1, 0.15) is 0 Å². The van der Waals surface area contributed by atoms with E-state index in [0.29, 0.717) is 0 Å². The normalized spacial score (nSPS) is 12.4. The molecule has 0 aromatic rings. The zero-order valence-electron chi connectivity index (χ0n) is 5.75. The minimum absolute atomic E-state index is 0.252. The fraction of sp³-hybridized carbons (Fsp3) is 0.750. The first-order valence-corrected chi connectivity index (χ1v) is 2.78. The Hall–Kier alpha value is -1.43. The molecule has 0 saturated heterocycles. The summed E-state index contributed by atoms with van der Waals surface area (Å²) in [4.78, 5) is 4.87. The highest BCUT2D eigenvalue weighted by molar-refractivity contribution is 5.77. The number of rotatable bonds is 3. The second-order valence-corrected chi connectivity index (χ2v) is 1.64. The highest BCUT2D eigenvalue weighted by Gasteiger charge is 2.27. The second-order valence-electron chi connectivity index (χ2n) is 1.64. The summed E-state index contributed by atoms with van der Waals surface area (Å²) in [5.74, 6) is -2.16. The van der Waals surface area contributed by atoms with Gasteiger partial charge in [-0.05, 0) is 5.53 Å². The first kappa shape index (κ1) is 10.6. The van der Waals surface area contributed by atoms with E-state index < -0.39 is 18.6 Å². The molecule has 0 rings (SSSR count). The van der Waals surface area contributed by atoms with Gasteiger partial charge in [-0.2, -0.15) is 13.2 Å². The molecule has 5 nitrogen and oxygen atoms in total. The first-order chi connectivity index (χ1) is 5.48. The number of azide groups is 1. The van der Waals surface area contributed by atoms with E-state index in [4.69, 9.17) is 5.53 Å². The van der Waals surface area contributed by atoms with Gasteiger partial charge in [0.2, 0.25) is 0 Å². The topological polar surface area (TPSA) is 84.2 Å². The van der Waals surface area contributed by atoms with Crippen LogP contribution < -0.4 is 5.11 Å². The lowest BCUT2D eigenvalue weighted by molar-refractivity contribution is -0.262. The summed E-state index contributed by atoms with van der Waals surface area (Å²) in [6, 6.07) is 0. The predicted octanol–water partition coefficient (Wildman–Crippen LogP) is 0.618. The Morgan fingerprint density at radius 3 is 2.42 bits per heavy atom. The van der Waals surface area contributed by atoms with Gasteiger partial charge >= 0.3 is 6.18 Å². The third-order valence-electron chi connectivity index (χ3n) is 0.761. The van der Waals surface area contributed by atoms with Crippen LogP contribution in [0, 0.1) is 0 Å². The molecule has 68 valence electrons. The Morgan fingerprint density at radius 2 is 2.00 bits per heavy atom. The monoisotopic (exact) mass is 181 g/mol. The van der Waals surface area contributed by atoms with Gasteiger partial charge in [0.05, 0.1) is 5.90 Å². The van der Waals surface area contributed by atoms with Crippen LogP contribution >= 0.6 is 0 Å². The van der Waals surface area contributed by atoms with E-state index >= 15 is 0 Å². The van der Waals surface area contributed by atoms with Gasteiger partial charge in [-0.1, -0.05) is 5.11 Å². The number of aliphatic imine (C=N–C) groups is 1. The van der Waals surface area contributed by atoms with Crippen molar-refractivity contribution in [1.29, 1.82) is 0 Å². The zero-order chi connectivity index (χ0) is 9.61. The summed E-state index contributed by atoms with van der Waals surface area (Å²) in [7, 11) is 0. The molecule has 0 bridgehead atoms. The molecule has 0 aliphatic heterocycles. The molecule has 12 heavy (non-hydrogen) atoms. The molecule has 8 heteroatoms. The van der Waals surface area contributed by atoms with E-state index in [0.717, 1.165) is 0 Å². The van der Waals surface area contributed by atoms with E-state index in [1.54, 1.807) is 0 Å². The van der Waals surface area contributed by atoms with Crippen LogP contribution in [-0.4, -0.2) is 25.2 Å². The third-order valence-corrected chi connectivity index (χ3v) is 0.761. The van der Waals surface area contributed by atoms with Crippen molar-refractivity contribution in [3.05, 3.63) is 10.4 Å². The van der Waals surface area contributed by atoms with Crippen molar-refractivity contribution in [2.45, 2.75) is 6.18 Å². The molecule has 0 aliphatic rings. The quantitative estimate of drug-likeness (QED) is 0.157. The molecule has 0 heterocycles. The molecule has 0 atom stereocenters. The van der Waals surface area contributed by atoms with Crippen molar-refractivity contribution in [3.63, 3.8) is 0 Å². The molecule has 0 N–H and O–H groups in total. The average molecular weight is 181 g/mol. The second kappa shape index (κ2) is 4.45. The summed E-state index contributed by atoms with van der Waals surface area (Å²) >= 11 is 0. The fourth-order valence-corrected chi connectivity index (χ4v) is 0.331. The van der Waals surface area contributed by atoms with Crippen LogP contribution in [0.1, 0.15) is 0 Å². The van der Waals surface area contributed by atoms with Crippen molar-refractivity contribution in [2.24, 2.45) is 10.1 Å². The molecule has 0 unspecified atom stereocenters. The first-order valence-electron chi connectivity index (χ1n) is 2.78. The molecule has 0 fully saturated rings. The van der Waals surface area contributed by atoms with Gasteiger partial charge < -0.3 is 5.11 Å². The van der Waals surface area contributed by atoms with E-state index in [9.17, 15) is 18.3 Å². The molecule has 0 amide bonds. The predicted molar refractivity (Wildman–Crippen MR) is 32.4 cm³/mol. The van der Waals surface area contributed by atoms with Crippen molar-refractivity contribution >= 4 is 5.90 Å². The Balaban J connectivity index is 3.93. The molecule has 0 radical (unpaired) electrons. The van der Waals surface area contributed by atoms with Crippen molar-refractivity contribution < 1.29 is 18.3 Å². The molecule has 0 aromatic carbocycles. The van der Waals surface area contributed by atoms with Crippen LogP contribution in [0.15, 0.2) is 10.1 Å². The standard InChI is InChI=1S/C4H5F3N4O/c5-4(6,7)3(12)9-1-2-10-11-8/h1-2H2,(H,9,12)/p-1. The Bertz CT molecular complexity index is 217. The van der Waals surface area contributed by atoms with Gasteiger partial charge in [0.25, 0.3) is 0 Å². The lowest BCUT2D eigenvalue weighted by atomic mass is 10.6.